The predicted octanol–water partition coefficient (Wildman–Crippen LogP) is 3.07. The van der Waals surface area contributed by atoms with Crippen LogP contribution in [0.25, 0.3) is 0 Å². The molecule has 0 bridgehead atoms. The van der Waals surface area contributed by atoms with Crippen LogP contribution < -0.4 is 5.32 Å². The fourth-order valence-corrected chi connectivity index (χ4v) is 1.67. The monoisotopic (exact) mass is 230 g/mol. The molecule has 2 rings (SSSR count). The van der Waals surface area contributed by atoms with Crippen molar-refractivity contribution in [2.75, 3.05) is 0 Å². The van der Waals surface area contributed by atoms with Crippen LogP contribution in [0.5, 0.6) is 0 Å². The number of benzene rings is 1. The van der Waals surface area contributed by atoms with Crippen LogP contribution in [0, 0.1) is 5.82 Å². The minimum atomic E-state index is -0.165. The van der Waals surface area contributed by atoms with Gasteiger partial charge in [0, 0.05) is 30.5 Å². The molecule has 0 aliphatic rings. The van der Waals surface area contributed by atoms with Crippen LogP contribution in [0.3, 0.4) is 0 Å². The zero-order chi connectivity index (χ0) is 12.1. The molecule has 2 aromatic rings. The molecular formula is C14H15FN2. The van der Waals surface area contributed by atoms with Crippen molar-refractivity contribution in [3.8, 4) is 0 Å². The van der Waals surface area contributed by atoms with E-state index in [0.29, 0.717) is 12.1 Å². The van der Waals surface area contributed by atoms with Crippen molar-refractivity contribution < 1.29 is 4.39 Å². The maximum atomic E-state index is 13.4. The molecule has 88 valence electrons. The molecule has 1 aromatic carbocycles. The Bertz CT molecular complexity index is 471. The predicted molar refractivity (Wildman–Crippen MR) is 65.9 cm³/mol. The van der Waals surface area contributed by atoms with Crippen molar-refractivity contribution in [2.45, 2.75) is 19.5 Å². The van der Waals surface area contributed by atoms with E-state index in [1.54, 1.807) is 24.5 Å². The molecule has 1 N–H and O–H groups in total. The molecular weight excluding hydrogens is 215 g/mol. The SMILES string of the molecule is C[C@@H](NCc1ccccc1F)c1ccncc1. The first kappa shape index (κ1) is 11.7. The molecule has 1 heterocycles. The second kappa shape index (κ2) is 5.55. The molecule has 0 radical (unpaired) electrons. The van der Waals surface area contributed by atoms with Crippen LogP contribution in [0.2, 0.25) is 0 Å². The van der Waals surface area contributed by atoms with Crippen LogP contribution in [-0.4, -0.2) is 4.98 Å². The van der Waals surface area contributed by atoms with Gasteiger partial charge < -0.3 is 5.32 Å². The van der Waals surface area contributed by atoms with E-state index in [4.69, 9.17) is 0 Å². The van der Waals surface area contributed by atoms with E-state index in [1.807, 2.05) is 18.2 Å². The Balaban J connectivity index is 1.97. The normalized spacial score (nSPS) is 12.4. The van der Waals surface area contributed by atoms with Crippen LogP contribution in [0.1, 0.15) is 24.1 Å². The van der Waals surface area contributed by atoms with Gasteiger partial charge in [-0.3, -0.25) is 4.98 Å². The van der Waals surface area contributed by atoms with Gasteiger partial charge in [-0.15, -0.1) is 0 Å². The van der Waals surface area contributed by atoms with Crippen molar-refractivity contribution in [3.05, 3.63) is 65.7 Å². The number of hydrogen-bond acceptors (Lipinski definition) is 2. The third kappa shape index (κ3) is 3.11. The fourth-order valence-electron chi connectivity index (χ4n) is 1.67. The van der Waals surface area contributed by atoms with Crippen molar-refractivity contribution >= 4 is 0 Å². The van der Waals surface area contributed by atoms with Gasteiger partial charge in [0.05, 0.1) is 0 Å². The highest BCUT2D eigenvalue weighted by Gasteiger charge is 2.05. The Kier molecular flexibility index (Phi) is 3.83. The van der Waals surface area contributed by atoms with E-state index in [1.165, 1.54) is 6.07 Å². The maximum Gasteiger partial charge on any atom is 0.127 e. The standard InChI is InChI=1S/C14H15FN2/c1-11(12-6-8-16-9-7-12)17-10-13-4-2-3-5-14(13)15/h2-9,11,17H,10H2,1H3/t11-/m1/s1. The second-order valence-corrected chi connectivity index (χ2v) is 3.97. The fraction of sp³-hybridized carbons (Fsp3) is 0.214. The second-order valence-electron chi connectivity index (χ2n) is 3.97. The number of rotatable bonds is 4. The highest BCUT2D eigenvalue weighted by molar-refractivity contribution is 5.18. The lowest BCUT2D eigenvalue weighted by atomic mass is 10.1. The van der Waals surface area contributed by atoms with Gasteiger partial charge in [0.1, 0.15) is 5.82 Å². The molecule has 0 unspecified atom stereocenters. The number of halogens is 1. The van der Waals surface area contributed by atoms with Crippen LogP contribution in [-0.2, 0) is 6.54 Å². The first-order valence-corrected chi connectivity index (χ1v) is 5.64. The van der Waals surface area contributed by atoms with Crippen LogP contribution in [0.4, 0.5) is 4.39 Å². The van der Waals surface area contributed by atoms with Crippen LogP contribution in [0.15, 0.2) is 48.8 Å². The molecule has 0 fully saturated rings. The number of pyridine rings is 1. The Hall–Kier alpha value is -1.74. The molecule has 0 spiro atoms. The molecule has 1 atom stereocenters. The first-order chi connectivity index (χ1) is 8.27. The minimum absolute atomic E-state index is 0.165. The van der Waals surface area contributed by atoms with Gasteiger partial charge in [-0.25, -0.2) is 4.39 Å². The molecule has 0 amide bonds. The average Bonchev–Trinajstić information content (AvgIpc) is 2.38. The van der Waals surface area contributed by atoms with E-state index >= 15 is 0 Å². The number of nitrogens with one attached hydrogen (secondary N) is 1. The van der Waals surface area contributed by atoms with Crippen molar-refractivity contribution in [2.24, 2.45) is 0 Å². The lowest BCUT2D eigenvalue weighted by molar-refractivity contribution is 0.544. The summed E-state index contributed by atoms with van der Waals surface area (Å²) in [6, 6.07) is 10.9. The zero-order valence-corrected chi connectivity index (χ0v) is 9.73. The average molecular weight is 230 g/mol. The van der Waals surface area contributed by atoms with Crippen molar-refractivity contribution in [1.82, 2.24) is 10.3 Å². The summed E-state index contributed by atoms with van der Waals surface area (Å²) in [4.78, 5) is 3.97. The van der Waals surface area contributed by atoms with E-state index < -0.39 is 0 Å². The molecule has 2 nitrogen and oxygen atoms in total. The quantitative estimate of drug-likeness (QED) is 0.873. The minimum Gasteiger partial charge on any atom is -0.306 e. The maximum absolute atomic E-state index is 13.4. The summed E-state index contributed by atoms with van der Waals surface area (Å²) in [5, 5.41) is 3.29. The third-order valence-electron chi connectivity index (χ3n) is 2.76. The highest BCUT2D eigenvalue weighted by atomic mass is 19.1. The molecule has 3 heteroatoms. The molecule has 17 heavy (non-hydrogen) atoms. The number of hydrogen-bond donors (Lipinski definition) is 1. The summed E-state index contributed by atoms with van der Waals surface area (Å²) in [7, 11) is 0. The topological polar surface area (TPSA) is 24.9 Å². The van der Waals surface area contributed by atoms with Gasteiger partial charge in [0.25, 0.3) is 0 Å². The summed E-state index contributed by atoms with van der Waals surface area (Å²) < 4.78 is 13.4. The number of aromatic nitrogens is 1. The molecule has 0 saturated heterocycles. The summed E-state index contributed by atoms with van der Waals surface area (Å²) in [5.41, 5.74) is 1.84. The van der Waals surface area contributed by atoms with E-state index in [0.717, 1.165) is 5.56 Å². The van der Waals surface area contributed by atoms with Gasteiger partial charge in [0.2, 0.25) is 0 Å². The van der Waals surface area contributed by atoms with Crippen molar-refractivity contribution in [1.29, 1.82) is 0 Å². The Morgan fingerprint density at radius 2 is 1.88 bits per heavy atom. The molecule has 1 aromatic heterocycles. The molecule has 0 aliphatic carbocycles. The van der Waals surface area contributed by atoms with Crippen LogP contribution >= 0.6 is 0 Å². The summed E-state index contributed by atoms with van der Waals surface area (Å²) in [5.74, 6) is -0.165. The van der Waals surface area contributed by atoms with E-state index in [-0.39, 0.29) is 11.9 Å². The largest absolute Gasteiger partial charge is 0.306 e. The number of nitrogens with zero attached hydrogens (tertiary/aromatic N) is 1. The molecule has 0 aliphatic heterocycles. The third-order valence-corrected chi connectivity index (χ3v) is 2.76. The summed E-state index contributed by atoms with van der Waals surface area (Å²) in [6.45, 7) is 2.58. The Morgan fingerprint density at radius 1 is 1.18 bits per heavy atom. The van der Waals surface area contributed by atoms with Gasteiger partial charge >= 0.3 is 0 Å². The zero-order valence-electron chi connectivity index (χ0n) is 9.73. The summed E-state index contributed by atoms with van der Waals surface area (Å²) >= 11 is 0. The van der Waals surface area contributed by atoms with Gasteiger partial charge in [-0.1, -0.05) is 18.2 Å². The molecule has 0 saturated carbocycles. The Labute approximate surface area is 101 Å². The Morgan fingerprint density at radius 3 is 2.59 bits per heavy atom. The van der Waals surface area contributed by atoms with Gasteiger partial charge in [-0.2, -0.15) is 0 Å². The van der Waals surface area contributed by atoms with Gasteiger partial charge in [0.15, 0.2) is 0 Å². The van der Waals surface area contributed by atoms with Crippen molar-refractivity contribution in [3.63, 3.8) is 0 Å². The van der Waals surface area contributed by atoms with Gasteiger partial charge in [-0.05, 0) is 30.7 Å². The smallest absolute Gasteiger partial charge is 0.127 e. The lowest BCUT2D eigenvalue weighted by Crippen LogP contribution is -2.18. The first-order valence-electron chi connectivity index (χ1n) is 5.64. The lowest BCUT2D eigenvalue weighted by Gasteiger charge is -2.14. The van der Waals surface area contributed by atoms with E-state index in [9.17, 15) is 4.39 Å². The van der Waals surface area contributed by atoms with E-state index in [2.05, 4.69) is 17.2 Å². The highest BCUT2D eigenvalue weighted by Crippen LogP contribution is 2.12. The summed E-state index contributed by atoms with van der Waals surface area (Å²) in [6.07, 6.45) is 3.52.